The van der Waals surface area contributed by atoms with Gasteiger partial charge < -0.3 is 9.72 Å². The number of ether oxygens (including phenoxy) is 1. The molecule has 2 N–H and O–H groups in total. The molecule has 0 aliphatic heterocycles. The van der Waals surface area contributed by atoms with Crippen LogP contribution >= 0.6 is 15.9 Å². The summed E-state index contributed by atoms with van der Waals surface area (Å²) in [5, 5.41) is 0. The fraction of sp³-hybridized carbons (Fsp3) is 0.267. The summed E-state index contributed by atoms with van der Waals surface area (Å²) >= 11 is 3.10. The van der Waals surface area contributed by atoms with E-state index in [0.717, 1.165) is 6.07 Å². The Kier molecular flexibility index (Phi) is 5.34. The fourth-order valence-electron chi connectivity index (χ4n) is 2.31. The SMILES string of the molecule is CCOC(=O)c1[nH]c(C)c(S(=O)(=O)Nc2ccc(Br)cc2F)c1C. The molecule has 1 aromatic heterocycles. The van der Waals surface area contributed by atoms with Crippen LogP contribution in [0.15, 0.2) is 27.6 Å². The van der Waals surface area contributed by atoms with E-state index in [4.69, 9.17) is 4.74 Å². The number of nitrogens with one attached hydrogen (secondary N) is 2. The number of aromatic amines is 1. The molecule has 0 unspecified atom stereocenters. The molecule has 9 heteroatoms. The number of esters is 1. The second kappa shape index (κ2) is 6.94. The van der Waals surface area contributed by atoms with Crippen molar-refractivity contribution in [2.45, 2.75) is 25.7 Å². The van der Waals surface area contributed by atoms with E-state index in [2.05, 4.69) is 25.6 Å². The average Bonchev–Trinajstić information content (AvgIpc) is 2.78. The molecular weight excluding hydrogens is 403 g/mol. The maximum absolute atomic E-state index is 13.9. The van der Waals surface area contributed by atoms with Crippen molar-refractivity contribution in [3.63, 3.8) is 0 Å². The molecule has 6 nitrogen and oxygen atoms in total. The molecule has 2 rings (SSSR count). The van der Waals surface area contributed by atoms with Crippen LogP contribution in [0, 0.1) is 19.7 Å². The highest BCUT2D eigenvalue weighted by atomic mass is 79.9. The van der Waals surface area contributed by atoms with Crippen molar-refractivity contribution in [3.8, 4) is 0 Å². The highest BCUT2D eigenvalue weighted by Gasteiger charge is 2.27. The van der Waals surface area contributed by atoms with Crippen molar-refractivity contribution in [2.24, 2.45) is 0 Å². The Labute approximate surface area is 147 Å². The van der Waals surface area contributed by atoms with Crippen LogP contribution in [0.1, 0.15) is 28.7 Å². The molecule has 0 aliphatic rings. The maximum Gasteiger partial charge on any atom is 0.355 e. The van der Waals surface area contributed by atoms with Gasteiger partial charge >= 0.3 is 5.97 Å². The van der Waals surface area contributed by atoms with Gasteiger partial charge in [0.15, 0.2) is 0 Å². The molecule has 24 heavy (non-hydrogen) atoms. The van der Waals surface area contributed by atoms with Crippen molar-refractivity contribution in [1.82, 2.24) is 4.98 Å². The number of benzene rings is 1. The van der Waals surface area contributed by atoms with E-state index in [1.54, 1.807) is 6.92 Å². The van der Waals surface area contributed by atoms with Gasteiger partial charge in [-0.05, 0) is 39.0 Å². The minimum atomic E-state index is -4.08. The largest absolute Gasteiger partial charge is 0.461 e. The zero-order valence-corrected chi connectivity index (χ0v) is 15.6. The Morgan fingerprint density at radius 2 is 2.04 bits per heavy atom. The summed E-state index contributed by atoms with van der Waals surface area (Å²) in [4.78, 5) is 14.5. The maximum atomic E-state index is 13.9. The van der Waals surface area contributed by atoms with E-state index in [1.165, 1.54) is 26.0 Å². The van der Waals surface area contributed by atoms with Gasteiger partial charge in [0.1, 0.15) is 16.4 Å². The minimum absolute atomic E-state index is 0.0611. The first-order valence-electron chi connectivity index (χ1n) is 7.01. The van der Waals surface area contributed by atoms with Gasteiger partial charge in [0.25, 0.3) is 10.0 Å². The van der Waals surface area contributed by atoms with Crippen LogP contribution in [-0.4, -0.2) is 26.0 Å². The van der Waals surface area contributed by atoms with Crippen LogP contribution in [0.2, 0.25) is 0 Å². The predicted molar refractivity (Wildman–Crippen MR) is 91.1 cm³/mol. The van der Waals surface area contributed by atoms with Gasteiger partial charge in [-0.15, -0.1) is 0 Å². The standard InChI is InChI=1S/C15H16BrFN2O4S/c1-4-23-15(20)13-8(2)14(9(3)18-13)24(21,22)19-12-6-5-10(16)7-11(12)17/h5-7,18-19H,4H2,1-3H3. The summed E-state index contributed by atoms with van der Waals surface area (Å²) in [6, 6.07) is 3.97. The molecule has 0 spiro atoms. The molecule has 1 heterocycles. The van der Waals surface area contributed by atoms with E-state index in [1.807, 2.05) is 0 Å². The van der Waals surface area contributed by atoms with Crippen LogP contribution in [0.25, 0.3) is 0 Å². The van der Waals surface area contributed by atoms with Crippen molar-refractivity contribution >= 4 is 37.6 Å². The minimum Gasteiger partial charge on any atom is -0.461 e. The lowest BCUT2D eigenvalue weighted by atomic mass is 10.2. The number of anilines is 1. The van der Waals surface area contributed by atoms with E-state index in [-0.39, 0.29) is 34.1 Å². The summed E-state index contributed by atoms with van der Waals surface area (Å²) in [5.41, 5.74) is 0.360. The number of hydrogen-bond donors (Lipinski definition) is 2. The highest BCUT2D eigenvalue weighted by Crippen LogP contribution is 2.27. The molecule has 0 radical (unpaired) electrons. The number of carbonyl (C=O) groups is 1. The first kappa shape index (κ1) is 18.5. The Morgan fingerprint density at radius 1 is 1.38 bits per heavy atom. The molecular formula is C15H16BrFN2O4S. The number of rotatable bonds is 5. The predicted octanol–water partition coefficient (Wildman–Crippen LogP) is 3.51. The second-order valence-electron chi connectivity index (χ2n) is 5.03. The van der Waals surface area contributed by atoms with Crippen molar-refractivity contribution in [1.29, 1.82) is 0 Å². The summed E-state index contributed by atoms with van der Waals surface area (Å²) < 4.78 is 46.7. The van der Waals surface area contributed by atoms with Crippen molar-refractivity contribution < 1.29 is 22.3 Å². The summed E-state index contributed by atoms with van der Waals surface area (Å²) in [6.45, 7) is 4.82. The van der Waals surface area contributed by atoms with Crippen molar-refractivity contribution in [2.75, 3.05) is 11.3 Å². The topological polar surface area (TPSA) is 88.3 Å². The van der Waals surface area contributed by atoms with E-state index >= 15 is 0 Å². The third-order valence-corrected chi connectivity index (χ3v) is 5.42. The van der Waals surface area contributed by atoms with Gasteiger partial charge in [-0.1, -0.05) is 15.9 Å². The first-order chi connectivity index (χ1) is 11.2. The first-order valence-corrected chi connectivity index (χ1v) is 9.29. The highest BCUT2D eigenvalue weighted by molar-refractivity contribution is 9.10. The molecule has 2 aromatic rings. The number of carbonyl (C=O) groups excluding carboxylic acids is 1. The van der Waals surface area contributed by atoms with Gasteiger partial charge in [0.2, 0.25) is 0 Å². The van der Waals surface area contributed by atoms with Gasteiger partial charge in [0, 0.05) is 15.7 Å². The number of halogens is 2. The van der Waals surface area contributed by atoms with Crippen molar-refractivity contribution in [3.05, 3.63) is 45.4 Å². The fourth-order valence-corrected chi connectivity index (χ4v) is 4.16. The zero-order chi connectivity index (χ0) is 18.1. The Morgan fingerprint density at radius 3 is 2.62 bits per heavy atom. The smallest absolute Gasteiger partial charge is 0.355 e. The normalized spacial score (nSPS) is 11.4. The number of sulfonamides is 1. The van der Waals surface area contributed by atoms with Crippen LogP contribution in [0.3, 0.4) is 0 Å². The van der Waals surface area contributed by atoms with Crippen LogP contribution in [0.5, 0.6) is 0 Å². The van der Waals surface area contributed by atoms with Crippen LogP contribution < -0.4 is 4.72 Å². The monoisotopic (exact) mass is 418 g/mol. The molecule has 0 fully saturated rings. The average molecular weight is 419 g/mol. The Balaban J connectivity index is 2.44. The zero-order valence-electron chi connectivity index (χ0n) is 13.2. The third kappa shape index (κ3) is 3.62. The molecule has 0 amide bonds. The van der Waals surface area contributed by atoms with E-state index in [9.17, 15) is 17.6 Å². The van der Waals surface area contributed by atoms with Crippen LogP contribution in [-0.2, 0) is 14.8 Å². The lowest BCUT2D eigenvalue weighted by Gasteiger charge is -2.10. The molecule has 130 valence electrons. The molecule has 0 bridgehead atoms. The number of H-pyrrole nitrogens is 1. The Hall–Kier alpha value is -1.87. The summed E-state index contributed by atoms with van der Waals surface area (Å²) in [7, 11) is -4.08. The second-order valence-corrected chi connectivity index (χ2v) is 7.56. The number of aromatic nitrogens is 1. The quantitative estimate of drug-likeness (QED) is 0.727. The molecule has 1 aromatic carbocycles. The number of aryl methyl sites for hydroxylation is 1. The molecule has 0 saturated heterocycles. The van der Waals surface area contributed by atoms with Crippen LogP contribution in [0.4, 0.5) is 10.1 Å². The van der Waals surface area contributed by atoms with E-state index < -0.39 is 21.8 Å². The van der Waals surface area contributed by atoms with E-state index in [0.29, 0.717) is 4.47 Å². The van der Waals surface area contributed by atoms with Gasteiger partial charge in [-0.3, -0.25) is 4.72 Å². The number of hydrogen-bond acceptors (Lipinski definition) is 4. The summed E-state index contributed by atoms with van der Waals surface area (Å²) in [6.07, 6.45) is 0. The third-order valence-electron chi connectivity index (χ3n) is 3.29. The molecule has 0 aliphatic carbocycles. The molecule has 0 saturated carbocycles. The summed E-state index contributed by atoms with van der Waals surface area (Å²) in [5.74, 6) is -1.36. The van der Waals surface area contributed by atoms with Gasteiger partial charge in [0.05, 0.1) is 12.3 Å². The lowest BCUT2D eigenvalue weighted by molar-refractivity contribution is 0.0519. The molecule has 0 atom stereocenters. The van der Waals surface area contributed by atoms with Gasteiger partial charge in [-0.25, -0.2) is 17.6 Å². The lowest BCUT2D eigenvalue weighted by Crippen LogP contribution is -2.16. The van der Waals surface area contributed by atoms with Gasteiger partial charge in [-0.2, -0.15) is 0 Å². The Bertz CT molecular complexity index is 893.